The van der Waals surface area contributed by atoms with Crippen LogP contribution in [0.3, 0.4) is 0 Å². The molecular formula is C69H100N14O27. The summed E-state index contributed by atoms with van der Waals surface area (Å²) >= 11 is 0. The van der Waals surface area contributed by atoms with Gasteiger partial charge in [0, 0.05) is 52.1 Å². The summed E-state index contributed by atoms with van der Waals surface area (Å²) in [6, 6.07) is -14.4. The molecule has 1 aromatic rings. The Hall–Kier alpha value is -11.6. The second kappa shape index (κ2) is 44.7. The fraction of sp³-hybridized carbons (Fsp3) is 0.623. The highest BCUT2D eigenvalue weighted by Crippen LogP contribution is 2.29. The highest BCUT2D eigenvalue weighted by atomic mass is 16.4. The summed E-state index contributed by atoms with van der Waals surface area (Å²) in [6.07, 6.45) is -3.28. The van der Waals surface area contributed by atoms with Crippen LogP contribution in [0.4, 0.5) is 0 Å². The quantitative estimate of drug-likeness (QED) is 0.0294. The van der Waals surface area contributed by atoms with Crippen LogP contribution in [-0.2, 0) is 102 Å². The lowest BCUT2D eigenvalue weighted by atomic mass is 9.84. The molecule has 0 aromatic heterocycles. The molecule has 1 saturated carbocycles. The number of hydrogen-bond acceptors (Lipinski definition) is 21. The van der Waals surface area contributed by atoms with Gasteiger partial charge in [-0.1, -0.05) is 64.5 Å². The number of carboxylic acids is 6. The summed E-state index contributed by atoms with van der Waals surface area (Å²) in [6.45, 7) is 4.25. The molecule has 1 aliphatic carbocycles. The second-order valence-electron chi connectivity index (χ2n) is 27.4. The number of primary amides is 1. The molecule has 4 rings (SSSR count). The van der Waals surface area contributed by atoms with Gasteiger partial charge in [-0.05, 0) is 94.2 Å². The van der Waals surface area contributed by atoms with Crippen LogP contribution in [0.25, 0.3) is 0 Å². The van der Waals surface area contributed by atoms with E-state index in [2.05, 4.69) is 58.5 Å². The standard InChI is InChI=1S/C69H100N14O27/c1-5-34(2)57(81-66(106)49-14-9-27-82(49)67(107)42(21-25-54(92)93)77-62(102)45(30-38-15-17-39(85)18-16-38)80-64(104)47(32-56(96)97)74-51(87)33-71-59(99)46(31-50(70)86)73-36(4)84)68(108)83-28-10-13-48(83)65(105)76-41(20-24-53(90)91)61(101)75-40(19-23-52(88)89)60(100)72-35(3)58(98)79-44(29-37-11-7-6-8-12-37)63(103)78-43(69(109)110)22-26-55(94)95/h15-18,34-35,37,40-49,57,85H,5-14,19-33H2,1-4H3,(H2,70,86)(H,71,99)(H,72,100)(H,73,84)(H,74,87)(H,75,101)(H,76,105)(H,77,102)(H,78,103)(H,79,98)(H,80,104)(H,81,106)(H,88,89)(H,90,91)(H,92,93)(H,94,95)(H,96,97)(H,109,110)/t34-,35+,40+,41+,42+,43-,44+,45+,46+,47+,48+,49+,57+/m1/s1. The van der Waals surface area contributed by atoms with Crippen LogP contribution in [-0.4, -0.2) is 256 Å². The van der Waals surface area contributed by atoms with Crippen LogP contribution in [0.2, 0.25) is 0 Å². The molecule has 0 bridgehead atoms. The number of carboxylic acid groups (broad SMARTS) is 6. The largest absolute Gasteiger partial charge is 0.508 e. The van der Waals surface area contributed by atoms with Gasteiger partial charge in [0.1, 0.15) is 78.3 Å². The molecular weight excluding hydrogens is 1460 g/mol. The molecule has 608 valence electrons. The molecule has 2 saturated heterocycles. The van der Waals surface area contributed by atoms with Crippen LogP contribution in [0, 0.1) is 11.8 Å². The van der Waals surface area contributed by atoms with Crippen molar-refractivity contribution in [3.05, 3.63) is 29.8 Å². The van der Waals surface area contributed by atoms with Crippen molar-refractivity contribution in [3.8, 4) is 5.75 Å². The van der Waals surface area contributed by atoms with Crippen molar-refractivity contribution in [2.24, 2.45) is 17.6 Å². The van der Waals surface area contributed by atoms with Gasteiger partial charge in [-0.2, -0.15) is 0 Å². The van der Waals surface area contributed by atoms with E-state index in [1.165, 1.54) is 31.2 Å². The van der Waals surface area contributed by atoms with Gasteiger partial charge >= 0.3 is 35.8 Å². The highest BCUT2D eigenvalue weighted by molar-refractivity contribution is 6.01. The minimum Gasteiger partial charge on any atom is -0.508 e. The van der Waals surface area contributed by atoms with Gasteiger partial charge in [0.05, 0.1) is 19.4 Å². The Balaban J connectivity index is 1.55. The van der Waals surface area contributed by atoms with Gasteiger partial charge in [-0.15, -0.1) is 0 Å². The van der Waals surface area contributed by atoms with Crippen molar-refractivity contribution >= 4 is 119 Å². The Kier molecular flexibility index (Phi) is 36.9. The summed E-state index contributed by atoms with van der Waals surface area (Å²) in [7, 11) is 0. The molecule has 1 aromatic carbocycles. The SMILES string of the molecule is CC[C@@H](C)[C@H](NC(=O)[C@@H]1CCCN1C(=O)[C@H](CCC(=O)O)NC(=O)[C@H](Cc1ccc(O)cc1)NC(=O)[C@H](CC(=O)O)NC(=O)CNC(=O)[C@H](CC(N)=O)NC(C)=O)C(=O)N1CCC[C@H]1C(=O)N[C@@H](CCC(=O)O)C(=O)N[C@@H](CCC(=O)O)C(=O)N[C@@H](C)C(=O)N[C@@H](CC1CCCCC1)C(=O)N[C@H](CCC(=O)O)C(=O)O. The summed E-state index contributed by atoms with van der Waals surface area (Å²) < 4.78 is 0. The monoisotopic (exact) mass is 1560 g/mol. The third kappa shape index (κ3) is 30.6. The molecule has 2 aliphatic heterocycles. The Labute approximate surface area is 630 Å². The van der Waals surface area contributed by atoms with Crippen LogP contribution >= 0.6 is 0 Å². The number of carbonyl (C=O) groups excluding carboxylic acids is 14. The third-order valence-electron chi connectivity index (χ3n) is 18.8. The van der Waals surface area contributed by atoms with Crippen LogP contribution in [0.1, 0.15) is 168 Å². The van der Waals surface area contributed by atoms with Crippen LogP contribution < -0.4 is 64.2 Å². The van der Waals surface area contributed by atoms with Gasteiger partial charge in [0.15, 0.2) is 0 Å². The second-order valence-corrected chi connectivity index (χ2v) is 27.4. The smallest absolute Gasteiger partial charge is 0.326 e. The number of benzene rings is 1. The van der Waals surface area contributed by atoms with E-state index in [9.17, 15) is 127 Å². The highest BCUT2D eigenvalue weighted by Gasteiger charge is 2.45. The fourth-order valence-electron chi connectivity index (χ4n) is 12.7. The average Bonchev–Trinajstić information content (AvgIpc) is 1.59. The van der Waals surface area contributed by atoms with Crippen molar-refractivity contribution in [1.82, 2.24) is 68.3 Å². The van der Waals surface area contributed by atoms with Gasteiger partial charge in [0.2, 0.25) is 82.7 Å². The number of phenolic OH excluding ortho intramolecular Hbond substituents is 1. The summed E-state index contributed by atoms with van der Waals surface area (Å²) in [4.78, 5) is 265. The number of nitrogens with two attached hydrogens (primary N) is 1. The summed E-state index contributed by atoms with van der Waals surface area (Å²) in [5.41, 5.74) is 5.41. The van der Waals surface area contributed by atoms with E-state index >= 15 is 0 Å². The van der Waals surface area contributed by atoms with Gasteiger partial charge in [-0.3, -0.25) is 91.1 Å². The molecule has 0 spiro atoms. The molecule has 0 radical (unpaired) electrons. The van der Waals surface area contributed by atoms with E-state index in [-0.39, 0.29) is 68.8 Å². The fourth-order valence-corrected chi connectivity index (χ4v) is 12.7. The maximum absolute atomic E-state index is 14.9. The number of carbonyl (C=O) groups is 20. The van der Waals surface area contributed by atoms with Crippen molar-refractivity contribution in [1.29, 1.82) is 0 Å². The van der Waals surface area contributed by atoms with Crippen molar-refractivity contribution in [3.63, 3.8) is 0 Å². The van der Waals surface area contributed by atoms with Gasteiger partial charge in [0.25, 0.3) is 0 Å². The number of hydrogen-bond donors (Lipinski definition) is 19. The zero-order valence-corrected chi connectivity index (χ0v) is 61.3. The van der Waals surface area contributed by atoms with Crippen LogP contribution in [0.5, 0.6) is 5.75 Å². The molecule has 110 heavy (non-hydrogen) atoms. The van der Waals surface area contributed by atoms with Gasteiger partial charge in [-0.25, -0.2) is 4.79 Å². The first-order valence-corrected chi connectivity index (χ1v) is 36.0. The zero-order valence-electron chi connectivity index (χ0n) is 61.3. The number of rotatable bonds is 46. The van der Waals surface area contributed by atoms with Crippen LogP contribution in [0.15, 0.2) is 24.3 Å². The van der Waals surface area contributed by atoms with E-state index in [1.54, 1.807) is 13.8 Å². The molecule has 0 unspecified atom stereocenters. The number of amides is 14. The lowest BCUT2D eigenvalue weighted by Gasteiger charge is -2.34. The maximum atomic E-state index is 14.9. The van der Waals surface area contributed by atoms with E-state index < -0.39 is 274 Å². The van der Waals surface area contributed by atoms with Crippen molar-refractivity contribution in [2.45, 2.75) is 241 Å². The zero-order chi connectivity index (χ0) is 82.2. The number of likely N-dealkylation sites (tertiary alicyclic amines) is 2. The normalized spacial score (nSPS) is 17.7. The number of nitrogens with one attached hydrogen (secondary N) is 11. The third-order valence-corrected chi connectivity index (χ3v) is 18.8. The predicted molar refractivity (Wildman–Crippen MR) is 377 cm³/mol. The molecule has 13 atom stereocenters. The lowest BCUT2D eigenvalue weighted by molar-refractivity contribution is -0.146. The van der Waals surface area contributed by atoms with E-state index in [1.807, 2.05) is 0 Å². The van der Waals surface area contributed by atoms with Crippen molar-refractivity contribution in [2.75, 3.05) is 19.6 Å². The Morgan fingerprint density at radius 2 is 0.900 bits per heavy atom. The summed E-state index contributed by atoms with van der Waals surface area (Å²) in [5, 5.41) is 93.6. The Bertz CT molecular complexity index is 3540. The molecule has 2 heterocycles. The van der Waals surface area contributed by atoms with E-state index in [0.717, 1.165) is 36.0 Å². The first kappa shape index (κ1) is 90.8. The Morgan fingerprint density at radius 1 is 0.455 bits per heavy atom. The predicted octanol–water partition coefficient (Wildman–Crippen LogP) is -4.17. The topological polar surface area (TPSA) is 648 Å². The van der Waals surface area contributed by atoms with E-state index in [0.29, 0.717) is 12.8 Å². The molecule has 41 nitrogen and oxygen atoms in total. The van der Waals surface area contributed by atoms with Crippen molar-refractivity contribution < 1.29 is 132 Å². The minimum atomic E-state index is -1.99. The minimum absolute atomic E-state index is 0.0344. The van der Waals surface area contributed by atoms with Gasteiger partial charge < -0.3 is 110 Å². The number of aliphatic carboxylic acids is 6. The average molecular weight is 1560 g/mol. The number of nitrogens with zero attached hydrogens (tertiary/aromatic N) is 2. The maximum Gasteiger partial charge on any atom is 0.326 e. The Morgan fingerprint density at radius 3 is 1.42 bits per heavy atom. The first-order valence-electron chi connectivity index (χ1n) is 36.0. The lowest BCUT2D eigenvalue weighted by Crippen LogP contribution is -2.61. The van der Waals surface area contributed by atoms with E-state index in [4.69, 9.17) is 10.8 Å². The molecule has 20 N–H and O–H groups in total. The number of aromatic hydroxyl groups is 1. The molecule has 41 heteroatoms. The summed E-state index contributed by atoms with van der Waals surface area (Å²) in [5.74, 6) is -24.4. The molecule has 3 aliphatic rings. The first-order chi connectivity index (χ1) is 51.8. The molecule has 14 amide bonds. The molecule has 3 fully saturated rings. The number of phenols is 1.